The molecule has 0 aliphatic heterocycles. The van der Waals surface area contributed by atoms with Crippen LogP contribution in [0.25, 0.3) is 0 Å². The minimum Gasteiger partial charge on any atom is -0.381 e. The number of ketones is 1. The predicted octanol–water partition coefficient (Wildman–Crippen LogP) is 3.59. The van der Waals surface area contributed by atoms with E-state index in [1.807, 2.05) is 0 Å². The van der Waals surface area contributed by atoms with E-state index >= 15 is 0 Å². The number of hydrogen-bond donors (Lipinski definition) is 0. The van der Waals surface area contributed by atoms with E-state index in [0.29, 0.717) is 29.6 Å². The fraction of sp³-hybridized carbons (Fsp3) is 0.933. The van der Waals surface area contributed by atoms with Crippen LogP contribution in [-0.2, 0) is 9.53 Å². The second-order valence-corrected chi connectivity index (χ2v) is 5.99. The molecule has 0 heterocycles. The Morgan fingerprint density at radius 2 is 1.76 bits per heavy atom. The maximum atomic E-state index is 12.5. The van der Waals surface area contributed by atoms with Crippen LogP contribution in [0.1, 0.15) is 58.3 Å². The van der Waals surface area contributed by atoms with Gasteiger partial charge in [-0.15, -0.1) is 0 Å². The molecular weight excluding hydrogens is 212 g/mol. The van der Waals surface area contributed by atoms with Crippen molar-refractivity contribution in [1.29, 1.82) is 0 Å². The van der Waals surface area contributed by atoms with E-state index < -0.39 is 0 Å². The monoisotopic (exact) mass is 238 g/mol. The van der Waals surface area contributed by atoms with Crippen LogP contribution in [-0.4, -0.2) is 19.0 Å². The molecule has 0 radical (unpaired) electrons. The molecule has 2 aliphatic carbocycles. The van der Waals surface area contributed by atoms with Gasteiger partial charge in [0, 0.05) is 18.9 Å². The average molecular weight is 238 g/mol. The Kier molecular flexibility index (Phi) is 4.61. The summed E-state index contributed by atoms with van der Waals surface area (Å²) in [6.45, 7) is 2.23. The third kappa shape index (κ3) is 3.09. The standard InChI is InChI=1S/C15H26O2/c1-11-10-13(17-2)8-9-14(11)15(16)12-6-4-3-5-7-12/h11-14H,3-10H2,1-2H3. The minimum atomic E-state index is 0.324. The Balaban J connectivity index is 1.90. The number of Topliss-reactive ketones (excluding diaryl/α,β-unsaturated/α-hetero) is 1. The second kappa shape index (κ2) is 5.99. The number of carbonyl (C=O) groups excluding carboxylic acids is 1. The highest BCUT2D eigenvalue weighted by Gasteiger charge is 2.35. The SMILES string of the molecule is COC1CCC(C(=O)C2CCCCC2)C(C)C1. The van der Waals surface area contributed by atoms with Gasteiger partial charge < -0.3 is 4.74 Å². The molecule has 2 heteroatoms. The van der Waals surface area contributed by atoms with Crippen molar-refractivity contribution in [1.82, 2.24) is 0 Å². The molecule has 0 aromatic rings. The van der Waals surface area contributed by atoms with Gasteiger partial charge >= 0.3 is 0 Å². The lowest BCUT2D eigenvalue weighted by Crippen LogP contribution is -2.36. The summed E-state index contributed by atoms with van der Waals surface area (Å²) in [7, 11) is 1.79. The summed E-state index contributed by atoms with van der Waals surface area (Å²) in [4.78, 5) is 12.5. The lowest BCUT2D eigenvalue weighted by molar-refractivity contribution is -0.131. The van der Waals surface area contributed by atoms with Gasteiger partial charge in [-0.3, -0.25) is 4.79 Å². The van der Waals surface area contributed by atoms with Crippen molar-refractivity contribution in [2.75, 3.05) is 7.11 Å². The van der Waals surface area contributed by atoms with Crippen molar-refractivity contribution >= 4 is 5.78 Å². The number of carbonyl (C=O) groups is 1. The zero-order valence-corrected chi connectivity index (χ0v) is 11.3. The number of hydrogen-bond acceptors (Lipinski definition) is 2. The molecule has 2 rings (SSSR count). The molecule has 3 unspecified atom stereocenters. The molecular formula is C15H26O2. The van der Waals surface area contributed by atoms with Crippen LogP contribution in [0.2, 0.25) is 0 Å². The molecule has 0 bridgehead atoms. The third-order valence-corrected chi connectivity index (χ3v) is 4.83. The summed E-state index contributed by atoms with van der Waals surface area (Å²) in [6, 6.07) is 0. The zero-order chi connectivity index (χ0) is 12.3. The normalized spacial score (nSPS) is 35.8. The van der Waals surface area contributed by atoms with Gasteiger partial charge in [0.2, 0.25) is 0 Å². The van der Waals surface area contributed by atoms with Crippen LogP contribution in [0.3, 0.4) is 0 Å². The Morgan fingerprint density at radius 1 is 1.06 bits per heavy atom. The minimum absolute atomic E-state index is 0.324. The maximum Gasteiger partial charge on any atom is 0.139 e. The topological polar surface area (TPSA) is 26.3 Å². The summed E-state index contributed by atoms with van der Waals surface area (Å²) in [5, 5.41) is 0. The molecule has 2 saturated carbocycles. The Hall–Kier alpha value is -0.370. The van der Waals surface area contributed by atoms with Crippen molar-refractivity contribution in [2.45, 2.75) is 64.4 Å². The molecule has 0 spiro atoms. The lowest BCUT2D eigenvalue weighted by Gasteiger charge is -2.35. The lowest BCUT2D eigenvalue weighted by atomic mass is 9.71. The van der Waals surface area contributed by atoms with Crippen molar-refractivity contribution in [2.24, 2.45) is 17.8 Å². The van der Waals surface area contributed by atoms with Gasteiger partial charge in [0.05, 0.1) is 6.10 Å². The van der Waals surface area contributed by atoms with Crippen LogP contribution >= 0.6 is 0 Å². The van der Waals surface area contributed by atoms with Crippen molar-refractivity contribution in [3.05, 3.63) is 0 Å². The molecule has 0 saturated heterocycles. The second-order valence-electron chi connectivity index (χ2n) is 5.99. The molecule has 17 heavy (non-hydrogen) atoms. The van der Waals surface area contributed by atoms with E-state index in [4.69, 9.17) is 4.74 Å². The van der Waals surface area contributed by atoms with Gasteiger partial charge in [-0.2, -0.15) is 0 Å². The highest BCUT2D eigenvalue weighted by Crippen LogP contribution is 2.36. The molecule has 0 aromatic carbocycles. The molecule has 0 amide bonds. The number of rotatable bonds is 3. The van der Waals surface area contributed by atoms with Crippen molar-refractivity contribution in [3.8, 4) is 0 Å². The summed E-state index contributed by atoms with van der Waals surface area (Å²) in [5.41, 5.74) is 0. The van der Waals surface area contributed by atoms with Gasteiger partial charge in [-0.05, 0) is 38.0 Å². The first-order valence-corrected chi connectivity index (χ1v) is 7.29. The van der Waals surface area contributed by atoms with Crippen LogP contribution < -0.4 is 0 Å². The fourth-order valence-corrected chi connectivity index (χ4v) is 3.67. The Labute approximate surface area is 105 Å². The Bertz CT molecular complexity index is 256. The zero-order valence-electron chi connectivity index (χ0n) is 11.3. The number of methoxy groups -OCH3 is 1. The smallest absolute Gasteiger partial charge is 0.139 e. The molecule has 3 atom stereocenters. The first kappa shape index (κ1) is 13.1. The molecule has 2 fully saturated rings. The first-order valence-electron chi connectivity index (χ1n) is 7.29. The van der Waals surface area contributed by atoms with Crippen LogP contribution in [0.5, 0.6) is 0 Å². The van der Waals surface area contributed by atoms with Gasteiger partial charge in [0.25, 0.3) is 0 Å². The van der Waals surface area contributed by atoms with Gasteiger partial charge in [-0.1, -0.05) is 26.2 Å². The van der Waals surface area contributed by atoms with Gasteiger partial charge in [0.15, 0.2) is 0 Å². The van der Waals surface area contributed by atoms with Crippen molar-refractivity contribution < 1.29 is 9.53 Å². The van der Waals surface area contributed by atoms with E-state index in [1.165, 1.54) is 19.3 Å². The van der Waals surface area contributed by atoms with E-state index in [1.54, 1.807) is 7.11 Å². The maximum absolute atomic E-state index is 12.5. The van der Waals surface area contributed by atoms with E-state index in [2.05, 4.69) is 6.92 Å². The third-order valence-electron chi connectivity index (χ3n) is 4.83. The van der Waals surface area contributed by atoms with E-state index in [9.17, 15) is 4.79 Å². The molecule has 2 nitrogen and oxygen atoms in total. The molecule has 2 aliphatic rings. The summed E-state index contributed by atoms with van der Waals surface area (Å²) >= 11 is 0. The van der Waals surface area contributed by atoms with E-state index in [0.717, 1.165) is 32.1 Å². The summed E-state index contributed by atoms with van der Waals surface area (Å²) in [5.74, 6) is 1.80. The van der Waals surface area contributed by atoms with E-state index in [-0.39, 0.29) is 0 Å². The van der Waals surface area contributed by atoms with Gasteiger partial charge in [-0.25, -0.2) is 0 Å². The Morgan fingerprint density at radius 3 is 2.35 bits per heavy atom. The highest BCUT2D eigenvalue weighted by molar-refractivity contribution is 5.83. The quantitative estimate of drug-likeness (QED) is 0.751. The van der Waals surface area contributed by atoms with Crippen molar-refractivity contribution in [3.63, 3.8) is 0 Å². The molecule has 0 aromatic heterocycles. The average Bonchev–Trinajstić information content (AvgIpc) is 2.39. The summed E-state index contributed by atoms with van der Waals surface area (Å²) < 4.78 is 5.42. The van der Waals surface area contributed by atoms with Gasteiger partial charge in [0.1, 0.15) is 5.78 Å². The van der Waals surface area contributed by atoms with Crippen LogP contribution in [0, 0.1) is 17.8 Å². The highest BCUT2D eigenvalue weighted by atomic mass is 16.5. The van der Waals surface area contributed by atoms with Crippen LogP contribution in [0.4, 0.5) is 0 Å². The predicted molar refractivity (Wildman–Crippen MR) is 68.9 cm³/mol. The van der Waals surface area contributed by atoms with Crippen LogP contribution in [0.15, 0.2) is 0 Å². The fourth-order valence-electron chi connectivity index (χ4n) is 3.67. The largest absolute Gasteiger partial charge is 0.381 e. The molecule has 98 valence electrons. The summed E-state index contributed by atoms with van der Waals surface area (Å²) in [6.07, 6.45) is 9.73. The first-order chi connectivity index (χ1) is 8.22. The molecule has 0 N–H and O–H groups in total. The number of ether oxygens (including phenoxy) is 1.